The topological polar surface area (TPSA) is 95.7 Å². The Morgan fingerprint density at radius 3 is 2.43 bits per heavy atom. The van der Waals surface area contributed by atoms with Gasteiger partial charge in [0, 0.05) is 5.56 Å². The van der Waals surface area contributed by atoms with Crippen molar-refractivity contribution in [1.82, 2.24) is 10.3 Å². The fourth-order valence-corrected chi connectivity index (χ4v) is 2.66. The van der Waals surface area contributed by atoms with Crippen molar-refractivity contribution >= 4 is 11.7 Å². The maximum atomic E-state index is 12.6. The molecule has 8 heteroatoms. The molecule has 1 N–H and O–H groups in total. The lowest BCUT2D eigenvalue weighted by atomic mass is 10.1. The smallest absolute Gasteiger partial charge is 0.266 e. The Bertz CT molecular complexity index is 970. The summed E-state index contributed by atoms with van der Waals surface area (Å²) in [6, 6.07) is 12.6. The van der Waals surface area contributed by atoms with Gasteiger partial charge in [-0.15, -0.1) is 0 Å². The molecule has 3 rings (SSSR count). The molecular formula is C20H21N3O5. The van der Waals surface area contributed by atoms with Crippen molar-refractivity contribution in [1.29, 1.82) is 0 Å². The van der Waals surface area contributed by atoms with Gasteiger partial charge in [-0.3, -0.25) is 4.79 Å². The van der Waals surface area contributed by atoms with Gasteiger partial charge in [0.05, 0.1) is 14.2 Å². The molecule has 0 radical (unpaired) electrons. The molecule has 3 aromatic rings. The van der Waals surface area contributed by atoms with Crippen LogP contribution in [0.5, 0.6) is 17.2 Å². The lowest BCUT2D eigenvalue weighted by Gasteiger charge is -2.16. The van der Waals surface area contributed by atoms with E-state index in [2.05, 4.69) is 15.6 Å². The predicted molar refractivity (Wildman–Crippen MR) is 103 cm³/mol. The van der Waals surface area contributed by atoms with Gasteiger partial charge in [-0.25, -0.2) is 4.63 Å². The van der Waals surface area contributed by atoms with Crippen molar-refractivity contribution < 1.29 is 23.6 Å². The molecule has 0 saturated heterocycles. The van der Waals surface area contributed by atoms with E-state index in [9.17, 15) is 4.79 Å². The summed E-state index contributed by atoms with van der Waals surface area (Å²) < 4.78 is 21.0. The molecule has 0 aliphatic carbocycles. The largest absolute Gasteiger partial charge is 0.496 e. The highest BCUT2D eigenvalue weighted by molar-refractivity contribution is 5.96. The monoisotopic (exact) mass is 383 g/mol. The SMILES string of the molecule is COc1ccc(-c2nonc2NC(=O)[C@@H](C)Oc2ccccc2OC)cc1C. The quantitative estimate of drug-likeness (QED) is 0.667. The number of carbonyl (C=O) groups excluding carboxylic acids is 1. The van der Waals surface area contributed by atoms with Gasteiger partial charge in [0.2, 0.25) is 5.82 Å². The number of rotatable bonds is 7. The van der Waals surface area contributed by atoms with Gasteiger partial charge in [0.15, 0.2) is 23.3 Å². The van der Waals surface area contributed by atoms with Crippen LogP contribution in [-0.2, 0) is 4.79 Å². The summed E-state index contributed by atoms with van der Waals surface area (Å²) in [5.41, 5.74) is 2.09. The Morgan fingerprint density at radius 2 is 1.75 bits per heavy atom. The molecule has 1 atom stereocenters. The second-order valence-corrected chi connectivity index (χ2v) is 6.05. The van der Waals surface area contributed by atoms with Crippen LogP contribution in [0.2, 0.25) is 0 Å². The lowest BCUT2D eigenvalue weighted by Crippen LogP contribution is -2.30. The molecule has 8 nitrogen and oxygen atoms in total. The van der Waals surface area contributed by atoms with Crippen LogP contribution in [0.3, 0.4) is 0 Å². The summed E-state index contributed by atoms with van der Waals surface area (Å²) in [6.45, 7) is 3.55. The van der Waals surface area contributed by atoms with Crippen molar-refractivity contribution in [3.8, 4) is 28.5 Å². The van der Waals surface area contributed by atoms with E-state index in [1.807, 2.05) is 31.2 Å². The maximum absolute atomic E-state index is 12.6. The molecule has 0 fully saturated rings. The molecule has 28 heavy (non-hydrogen) atoms. The van der Waals surface area contributed by atoms with E-state index in [1.54, 1.807) is 32.2 Å². The van der Waals surface area contributed by atoms with Gasteiger partial charge >= 0.3 is 0 Å². The van der Waals surface area contributed by atoms with Gasteiger partial charge in [0.25, 0.3) is 5.91 Å². The van der Waals surface area contributed by atoms with Gasteiger partial charge in [-0.1, -0.05) is 12.1 Å². The number of aryl methyl sites for hydroxylation is 1. The summed E-state index contributed by atoms with van der Waals surface area (Å²) in [6.07, 6.45) is -0.793. The first-order valence-electron chi connectivity index (χ1n) is 8.61. The maximum Gasteiger partial charge on any atom is 0.266 e. The third kappa shape index (κ3) is 4.06. The second kappa shape index (κ2) is 8.43. The van der Waals surface area contributed by atoms with Crippen LogP contribution in [0, 0.1) is 6.92 Å². The third-order valence-electron chi connectivity index (χ3n) is 4.14. The van der Waals surface area contributed by atoms with Crippen LogP contribution in [-0.4, -0.2) is 36.5 Å². The number of amides is 1. The summed E-state index contributed by atoms with van der Waals surface area (Å²) in [7, 11) is 3.14. The zero-order valence-electron chi connectivity index (χ0n) is 16.1. The number of methoxy groups -OCH3 is 2. The highest BCUT2D eigenvalue weighted by atomic mass is 16.6. The predicted octanol–water partition coefficient (Wildman–Crippen LogP) is 3.47. The van der Waals surface area contributed by atoms with Crippen LogP contribution in [0.15, 0.2) is 47.1 Å². The van der Waals surface area contributed by atoms with Crippen LogP contribution in [0.4, 0.5) is 5.82 Å². The number of para-hydroxylation sites is 2. The molecule has 0 aliphatic heterocycles. The van der Waals surface area contributed by atoms with Gasteiger partial charge in [-0.2, -0.15) is 0 Å². The molecule has 0 unspecified atom stereocenters. The van der Waals surface area contributed by atoms with Crippen LogP contribution >= 0.6 is 0 Å². The number of hydrogen-bond donors (Lipinski definition) is 1. The van der Waals surface area contributed by atoms with Gasteiger partial charge in [0.1, 0.15) is 5.75 Å². The van der Waals surface area contributed by atoms with Gasteiger partial charge < -0.3 is 19.5 Å². The Kier molecular flexibility index (Phi) is 5.78. The molecule has 2 aromatic carbocycles. The first-order valence-corrected chi connectivity index (χ1v) is 8.61. The second-order valence-electron chi connectivity index (χ2n) is 6.05. The number of benzene rings is 2. The summed E-state index contributed by atoms with van der Waals surface area (Å²) >= 11 is 0. The van der Waals surface area contributed by atoms with Crippen molar-refractivity contribution in [3.05, 3.63) is 48.0 Å². The average Bonchev–Trinajstić information content (AvgIpc) is 3.16. The summed E-state index contributed by atoms with van der Waals surface area (Å²) in [5.74, 6) is 1.58. The van der Waals surface area contributed by atoms with Crippen molar-refractivity contribution in [2.75, 3.05) is 19.5 Å². The Hall–Kier alpha value is -3.55. The first-order chi connectivity index (χ1) is 13.5. The Labute approximate surface area is 162 Å². The van der Waals surface area contributed by atoms with E-state index in [0.717, 1.165) is 16.9 Å². The van der Waals surface area contributed by atoms with E-state index in [1.165, 1.54) is 7.11 Å². The minimum absolute atomic E-state index is 0.213. The van der Waals surface area contributed by atoms with Crippen LogP contribution in [0.25, 0.3) is 11.3 Å². The summed E-state index contributed by atoms with van der Waals surface area (Å²) in [5, 5.41) is 10.4. The minimum Gasteiger partial charge on any atom is -0.496 e. The van der Waals surface area contributed by atoms with E-state index in [0.29, 0.717) is 17.2 Å². The normalized spacial score (nSPS) is 11.6. The number of nitrogens with one attached hydrogen (secondary N) is 1. The van der Waals surface area contributed by atoms with E-state index >= 15 is 0 Å². The highest BCUT2D eigenvalue weighted by Gasteiger charge is 2.21. The Balaban J connectivity index is 1.75. The first kappa shape index (κ1) is 19.2. The molecule has 1 heterocycles. The fraction of sp³-hybridized carbons (Fsp3) is 0.250. The average molecular weight is 383 g/mol. The zero-order valence-corrected chi connectivity index (χ0v) is 16.1. The van der Waals surface area contributed by atoms with Crippen LogP contribution in [0.1, 0.15) is 12.5 Å². The molecule has 0 aliphatic rings. The lowest BCUT2D eigenvalue weighted by molar-refractivity contribution is -0.122. The zero-order chi connectivity index (χ0) is 20.1. The van der Waals surface area contributed by atoms with Crippen molar-refractivity contribution in [3.63, 3.8) is 0 Å². The Morgan fingerprint density at radius 1 is 1.04 bits per heavy atom. The van der Waals surface area contributed by atoms with Crippen molar-refractivity contribution in [2.24, 2.45) is 0 Å². The highest BCUT2D eigenvalue weighted by Crippen LogP contribution is 2.30. The van der Waals surface area contributed by atoms with Crippen LogP contribution < -0.4 is 19.5 Å². The number of ether oxygens (including phenoxy) is 3. The van der Waals surface area contributed by atoms with E-state index in [-0.39, 0.29) is 5.82 Å². The fourth-order valence-electron chi connectivity index (χ4n) is 2.66. The van der Waals surface area contributed by atoms with E-state index < -0.39 is 12.0 Å². The van der Waals surface area contributed by atoms with E-state index in [4.69, 9.17) is 18.8 Å². The molecule has 1 amide bonds. The van der Waals surface area contributed by atoms with Crippen molar-refractivity contribution in [2.45, 2.75) is 20.0 Å². The molecule has 0 spiro atoms. The number of carbonyl (C=O) groups is 1. The molecule has 146 valence electrons. The summed E-state index contributed by atoms with van der Waals surface area (Å²) in [4.78, 5) is 12.6. The standard InChI is InChI=1S/C20H21N3O5/c1-12-11-14(9-10-15(12)25-3)18-19(23-28-22-18)21-20(24)13(2)27-17-8-6-5-7-16(17)26-4/h5-11,13H,1-4H3,(H,21,23,24)/t13-/m1/s1. The number of hydrogen-bond acceptors (Lipinski definition) is 7. The van der Waals surface area contributed by atoms with Gasteiger partial charge in [-0.05, 0) is 60.1 Å². The molecule has 0 bridgehead atoms. The molecule has 0 saturated carbocycles. The molecule has 1 aromatic heterocycles. The molecular weight excluding hydrogens is 362 g/mol. The minimum atomic E-state index is -0.793. The third-order valence-corrected chi connectivity index (χ3v) is 4.14. The number of nitrogens with zero attached hydrogens (tertiary/aromatic N) is 2. The number of anilines is 1. The number of aromatic nitrogens is 2.